The number of aromatic nitrogens is 1. The Labute approximate surface area is 76.0 Å². The third kappa shape index (κ3) is 2.77. The van der Waals surface area contributed by atoms with Crippen LogP contribution in [0.5, 0.6) is 0 Å². The highest BCUT2D eigenvalue weighted by atomic mass is 16.5. The molecule has 0 saturated carbocycles. The smallest absolute Gasteiger partial charge is 0.412 e. The van der Waals surface area contributed by atoms with Crippen molar-refractivity contribution in [1.29, 1.82) is 0 Å². The van der Waals surface area contributed by atoms with E-state index in [4.69, 9.17) is 4.52 Å². The number of nitrogens with one attached hydrogen (secondary N) is 1. The summed E-state index contributed by atoms with van der Waals surface area (Å²) in [5, 5.41) is 6.05. The van der Waals surface area contributed by atoms with Crippen LogP contribution in [0.2, 0.25) is 0 Å². The van der Waals surface area contributed by atoms with Crippen LogP contribution in [-0.2, 0) is 11.2 Å². The van der Waals surface area contributed by atoms with Gasteiger partial charge in [0.2, 0.25) is 0 Å². The van der Waals surface area contributed by atoms with E-state index in [0.29, 0.717) is 12.4 Å². The van der Waals surface area contributed by atoms with Gasteiger partial charge in [-0.2, -0.15) is 0 Å². The lowest BCUT2D eigenvalue weighted by Gasteiger charge is -1.99. The van der Waals surface area contributed by atoms with E-state index in [1.807, 2.05) is 6.92 Å². The zero-order chi connectivity index (χ0) is 9.68. The molecule has 1 amide bonds. The summed E-state index contributed by atoms with van der Waals surface area (Å²) in [6.45, 7) is 4.01. The van der Waals surface area contributed by atoms with E-state index in [1.165, 1.54) is 0 Å². The van der Waals surface area contributed by atoms with Crippen LogP contribution in [0.15, 0.2) is 10.6 Å². The van der Waals surface area contributed by atoms with Crippen LogP contribution in [0.25, 0.3) is 0 Å². The highest BCUT2D eigenvalue weighted by molar-refractivity contribution is 5.83. The fourth-order valence-corrected chi connectivity index (χ4v) is 0.810. The van der Waals surface area contributed by atoms with Gasteiger partial charge in [-0.15, -0.1) is 0 Å². The number of carbonyl (C=O) groups excluding carboxylic acids is 1. The predicted octanol–water partition coefficient (Wildman–Crippen LogP) is 1.81. The number of aryl methyl sites for hydroxylation is 1. The molecular weight excluding hydrogens is 172 g/mol. The minimum absolute atomic E-state index is 0.338. The molecule has 13 heavy (non-hydrogen) atoms. The maximum absolute atomic E-state index is 10.9. The van der Waals surface area contributed by atoms with Crippen LogP contribution in [-0.4, -0.2) is 17.9 Å². The molecule has 0 aliphatic heterocycles. The van der Waals surface area contributed by atoms with Gasteiger partial charge in [0.25, 0.3) is 0 Å². The lowest BCUT2D eigenvalue weighted by atomic mass is 10.4. The Morgan fingerprint density at radius 2 is 2.46 bits per heavy atom. The van der Waals surface area contributed by atoms with Gasteiger partial charge in [0.15, 0.2) is 5.82 Å². The minimum Gasteiger partial charge on any atom is -0.450 e. The first-order chi connectivity index (χ1) is 6.26. The van der Waals surface area contributed by atoms with E-state index in [-0.39, 0.29) is 0 Å². The molecule has 1 N–H and O–H groups in total. The number of amides is 1. The Morgan fingerprint density at radius 3 is 3.00 bits per heavy atom. The van der Waals surface area contributed by atoms with E-state index < -0.39 is 6.09 Å². The van der Waals surface area contributed by atoms with Crippen LogP contribution >= 0.6 is 0 Å². The number of hydrogen-bond acceptors (Lipinski definition) is 4. The molecule has 72 valence electrons. The van der Waals surface area contributed by atoms with Crippen molar-refractivity contribution in [2.24, 2.45) is 0 Å². The molecule has 0 saturated heterocycles. The first-order valence-corrected chi connectivity index (χ1v) is 4.15. The number of anilines is 1. The SMILES string of the molecule is CCOC(=O)Nc1cc(CC)on1. The molecule has 0 atom stereocenters. The second-order valence-corrected chi connectivity index (χ2v) is 2.38. The maximum atomic E-state index is 10.9. The van der Waals surface area contributed by atoms with E-state index in [0.717, 1.165) is 12.2 Å². The number of carbonyl (C=O) groups is 1. The van der Waals surface area contributed by atoms with Gasteiger partial charge in [-0.1, -0.05) is 12.1 Å². The van der Waals surface area contributed by atoms with E-state index in [2.05, 4.69) is 15.2 Å². The Bertz CT molecular complexity index is 283. The summed E-state index contributed by atoms with van der Waals surface area (Å²) in [4.78, 5) is 10.9. The fraction of sp³-hybridized carbons (Fsp3) is 0.500. The third-order valence-electron chi connectivity index (χ3n) is 1.41. The lowest BCUT2D eigenvalue weighted by molar-refractivity contribution is 0.167. The molecule has 0 radical (unpaired) electrons. The molecule has 1 rings (SSSR count). The molecular formula is C8H12N2O3. The van der Waals surface area contributed by atoms with Gasteiger partial charge >= 0.3 is 6.09 Å². The van der Waals surface area contributed by atoms with Crippen molar-refractivity contribution in [2.45, 2.75) is 20.3 Å². The Kier molecular flexibility index (Phi) is 3.31. The van der Waals surface area contributed by atoms with Crippen molar-refractivity contribution >= 4 is 11.9 Å². The molecule has 5 heteroatoms. The van der Waals surface area contributed by atoms with Gasteiger partial charge in [0.05, 0.1) is 6.61 Å². The summed E-state index contributed by atoms with van der Waals surface area (Å²) in [7, 11) is 0. The normalized spacial score (nSPS) is 9.69. The monoisotopic (exact) mass is 184 g/mol. The van der Waals surface area contributed by atoms with Crippen LogP contribution in [0.3, 0.4) is 0 Å². The molecule has 1 heterocycles. The largest absolute Gasteiger partial charge is 0.450 e. The molecule has 5 nitrogen and oxygen atoms in total. The summed E-state index contributed by atoms with van der Waals surface area (Å²) in [5.41, 5.74) is 0. The molecule has 1 aromatic rings. The van der Waals surface area contributed by atoms with E-state index in [1.54, 1.807) is 13.0 Å². The topological polar surface area (TPSA) is 64.4 Å². The molecule has 0 spiro atoms. The molecule has 0 bridgehead atoms. The van der Waals surface area contributed by atoms with Crippen molar-refractivity contribution in [3.63, 3.8) is 0 Å². The Hall–Kier alpha value is -1.52. The van der Waals surface area contributed by atoms with Crippen molar-refractivity contribution in [1.82, 2.24) is 5.16 Å². The lowest BCUT2D eigenvalue weighted by Crippen LogP contribution is -2.13. The summed E-state index contributed by atoms with van der Waals surface area (Å²) < 4.78 is 9.53. The van der Waals surface area contributed by atoms with Crippen LogP contribution < -0.4 is 5.32 Å². The minimum atomic E-state index is -0.515. The number of ether oxygens (including phenoxy) is 1. The average Bonchev–Trinajstić information content (AvgIpc) is 2.52. The highest BCUT2D eigenvalue weighted by Crippen LogP contribution is 2.08. The van der Waals surface area contributed by atoms with E-state index >= 15 is 0 Å². The van der Waals surface area contributed by atoms with Crippen LogP contribution in [0.1, 0.15) is 19.6 Å². The quantitative estimate of drug-likeness (QED) is 0.777. The van der Waals surface area contributed by atoms with Crippen molar-refractivity contribution in [2.75, 3.05) is 11.9 Å². The molecule has 1 aromatic heterocycles. The Morgan fingerprint density at radius 1 is 1.69 bits per heavy atom. The average molecular weight is 184 g/mol. The number of rotatable bonds is 3. The van der Waals surface area contributed by atoms with Gasteiger partial charge in [-0.25, -0.2) is 4.79 Å². The van der Waals surface area contributed by atoms with Gasteiger partial charge < -0.3 is 9.26 Å². The first kappa shape index (κ1) is 9.57. The van der Waals surface area contributed by atoms with Crippen molar-refractivity contribution in [3.05, 3.63) is 11.8 Å². The summed E-state index contributed by atoms with van der Waals surface area (Å²) >= 11 is 0. The molecule has 0 unspecified atom stereocenters. The molecule has 0 aliphatic carbocycles. The van der Waals surface area contributed by atoms with Gasteiger partial charge in [0.1, 0.15) is 5.76 Å². The fourth-order valence-electron chi connectivity index (χ4n) is 0.810. The Balaban J connectivity index is 2.49. The van der Waals surface area contributed by atoms with Crippen molar-refractivity contribution in [3.8, 4) is 0 Å². The summed E-state index contributed by atoms with van der Waals surface area (Å²) in [6.07, 6.45) is 0.232. The zero-order valence-corrected chi connectivity index (χ0v) is 7.66. The zero-order valence-electron chi connectivity index (χ0n) is 7.66. The summed E-state index contributed by atoms with van der Waals surface area (Å²) in [5.74, 6) is 1.11. The second-order valence-electron chi connectivity index (χ2n) is 2.38. The second kappa shape index (κ2) is 4.49. The van der Waals surface area contributed by atoms with Crippen LogP contribution in [0, 0.1) is 0 Å². The highest BCUT2D eigenvalue weighted by Gasteiger charge is 2.06. The number of nitrogens with zero attached hydrogens (tertiary/aromatic N) is 1. The first-order valence-electron chi connectivity index (χ1n) is 4.15. The predicted molar refractivity (Wildman–Crippen MR) is 46.5 cm³/mol. The van der Waals surface area contributed by atoms with Crippen molar-refractivity contribution < 1.29 is 14.1 Å². The molecule has 0 aromatic carbocycles. The van der Waals surface area contributed by atoms with Gasteiger partial charge in [-0.05, 0) is 6.92 Å². The van der Waals surface area contributed by atoms with E-state index in [9.17, 15) is 4.79 Å². The van der Waals surface area contributed by atoms with Gasteiger partial charge in [-0.3, -0.25) is 5.32 Å². The standard InChI is InChI=1S/C8H12N2O3/c1-3-6-5-7(10-13-6)9-8(11)12-4-2/h5H,3-4H2,1-2H3,(H,9,10,11). The maximum Gasteiger partial charge on any atom is 0.412 e. The molecule has 0 fully saturated rings. The molecule has 0 aliphatic rings. The van der Waals surface area contributed by atoms with Crippen LogP contribution in [0.4, 0.5) is 10.6 Å². The third-order valence-corrected chi connectivity index (χ3v) is 1.41. The number of hydrogen-bond donors (Lipinski definition) is 1. The van der Waals surface area contributed by atoms with Gasteiger partial charge in [0, 0.05) is 12.5 Å². The summed E-state index contributed by atoms with van der Waals surface area (Å²) in [6, 6.07) is 1.66.